The summed E-state index contributed by atoms with van der Waals surface area (Å²) in [7, 11) is 0. The van der Waals surface area contributed by atoms with E-state index >= 15 is 0 Å². The molecule has 17 heavy (non-hydrogen) atoms. The lowest BCUT2D eigenvalue weighted by Gasteiger charge is -2.11. The lowest BCUT2D eigenvalue weighted by Crippen LogP contribution is -2.13. The zero-order chi connectivity index (χ0) is 12.8. The molecule has 0 saturated carbocycles. The van der Waals surface area contributed by atoms with Gasteiger partial charge in [0.25, 0.3) is 0 Å². The maximum atomic E-state index is 11.2. The number of nitrogens with two attached hydrogens (primary N) is 1. The van der Waals surface area contributed by atoms with Gasteiger partial charge in [-0.05, 0) is 28.8 Å². The van der Waals surface area contributed by atoms with Gasteiger partial charge >= 0.3 is 0 Å². The molecule has 4 nitrogen and oxygen atoms in total. The Morgan fingerprint density at radius 1 is 1.24 bits per heavy atom. The van der Waals surface area contributed by atoms with Crippen molar-refractivity contribution in [3.05, 3.63) is 34.4 Å². The highest BCUT2D eigenvalue weighted by Crippen LogP contribution is 2.21. The van der Waals surface area contributed by atoms with Crippen molar-refractivity contribution in [1.29, 1.82) is 10.5 Å². The molecular formula is C12H10BrN3O. The Morgan fingerprint density at radius 3 is 2.00 bits per heavy atom. The van der Waals surface area contributed by atoms with Gasteiger partial charge in [-0.1, -0.05) is 15.9 Å². The Hall–Kier alpha value is -1.85. The molecule has 1 amide bonds. The van der Waals surface area contributed by atoms with E-state index in [0.29, 0.717) is 10.9 Å². The molecule has 0 fully saturated rings. The van der Waals surface area contributed by atoms with Crippen molar-refractivity contribution in [3.8, 4) is 12.1 Å². The number of hydrogen-bond acceptors (Lipinski definition) is 3. The van der Waals surface area contributed by atoms with Crippen LogP contribution in [-0.2, 0) is 18.2 Å². The number of nitriles is 2. The Kier molecular flexibility index (Phi) is 4.68. The van der Waals surface area contributed by atoms with Crippen LogP contribution in [-0.4, -0.2) is 5.91 Å². The largest absolute Gasteiger partial charge is 0.366 e. The monoisotopic (exact) mass is 291 g/mol. The lowest BCUT2D eigenvalue weighted by molar-refractivity contribution is 0.1000. The van der Waals surface area contributed by atoms with Gasteiger partial charge in [0.2, 0.25) is 5.91 Å². The van der Waals surface area contributed by atoms with E-state index < -0.39 is 5.91 Å². The van der Waals surface area contributed by atoms with Crippen LogP contribution in [0.15, 0.2) is 12.1 Å². The smallest absolute Gasteiger partial charge is 0.248 e. The van der Waals surface area contributed by atoms with Gasteiger partial charge in [-0.15, -0.1) is 0 Å². The van der Waals surface area contributed by atoms with E-state index in [1.807, 2.05) is 12.1 Å². The van der Waals surface area contributed by atoms with Crippen LogP contribution in [0, 0.1) is 22.7 Å². The molecule has 0 radical (unpaired) electrons. The van der Waals surface area contributed by atoms with Crippen molar-refractivity contribution in [3.63, 3.8) is 0 Å². The SMILES string of the molecule is N#CCc1cc(C(N)=O)cc(CC#N)c1CBr. The molecule has 0 spiro atoms. The van der Waals surface area contributed by atoms with Crippen molar-refractivity contribution >= 4 is 21.8 Å². The molecule has 0 aliphatic heterocycles. The van der Waals surface area contributed by atoms with E-state index in [2.05, 4.69) is 15.9 Å². The average molecular weight is 292 g/mol. The number of carbonyl (C=O) groups is 1. The highest BCUT2D eigenvalue weighted by molar-refractivity contribution is 9.08. The van der Waals surface area contributed by atoms with Gasteiger partial charge in [-0.2, -0.15) is 10.5 Å². The predicted octanol–water partition coefficient (Wildman–Crippen LogP) is 1.81. The molecule has 0 aromatic heterocycles. The summed E-state index contributed by atoms with van der Waals surface area (Å²) in [5.41, 5.74) is 7.93. The fraction of sp³-hybridized carbons (Fsp3) is 0.250. The van der Waals surface area contributed by atoms with Gasteiger partial charge in [0.05, 0.1) is 25.0 Å². The molecule has 0 heterocycles. The highest BCUT2D eigenvalue weighted by atomic mass is 79.9. The minimum Gasteiger partial charge on any atom is -0.366 e. The number of carbonyl (C=O) groups excluding carboxylic acids is 1. The zero-order valence-corrected chi connectivity index (χ0v) is 10.6. The minimum atomic E-state index is -0.551. The summed E-state index contributed by atoms with van der Waals surface area (Å²) in [5.74, 6) is -0.551. The number of nitrogens with zero attached hydrogens (tertiary/aromatic N) is 2. The van der Waals surface area contributed by atoms with Crippen LogP contribution in [0.5, 0.6) is 0 Å². The Morgan fingerprint density at radius 2 is 1.71 bits per heavy atom. The Labute approximate surface area is 108 Å². The van der Waals surface area contributed by atoms with Gasteiger partial charge in [-0.3, -0.25) is 4.79 Å². The molecule has 0 aliphatic rings. The maximum Gasteiger partial charge on any atom is 0.248 e. The third kappa shape index (κ3) is 3.05. The highest BCUT2D eigenvalue weighted by Gasteiger charge is 2.12. The summed E-state index contributed by atoms with van der Waals surface area (Å²) < 4.78 is 0. The lowest BCUT2D eigenvalue weighted by atomic mass is 9.95. The summed E-state index contributed by atoms with van der Waals surface area (Å²) in [6.45, 7) is 0. The number of benzene rings is 1. The third-order valence-electron chi connectivity index (χ3n) is 2.39. The zero-order valence-electron chi connectivity index (χ0n) is 9.03. The molecule has 86 valence electrons. The van der Waals surface area contributed by atoms with Crippen LogP contribution in [0.2, 0.25) is 0 Å². The summed E-state index contributed by atoms with van der Waals surface area (Å²) >= 11 is 3.33. The molecule has 0 bridgehead atoms. The second-order valence-corrected chi connectivity index (χ2v) is 4.00. The molecule has 0 aliphatic carbocycles. The second kappa shape index (κ2) is 6.03. The standard InChI is InChI=1S/C12H10BrN3O/c13-7-11-8(1-3-14)5-10(12(16)17)6-9(11)2-4-15/h5-6H,1-2,7H2,(H2,16,17). The van der Waals surface area contributed by atoms with E-state index in [-0.39, 0.29) is 12.8 Å². The van der Waals surface area contributed by atoms with Crippen LogP contribution in [0.1, 0.15) is 27.0 Å². The number of amides is 1. The van der Waals surface area contributed by atoms with Gasteiger partial charge in [0.1, 0.15) is 0 Å². The molecule has 1 aromatic rings. The second-order valence-electron chi connectivity index (χ2n) is 3.44. The van der Waals surface area contributed by atoms with Crippen LogP contribution < -0.4 is 5.73 Å². The number of primary amides is 1. The first kappa shape index (κ1) is 13.2. The van der Waals surface area contributed by atoms with E-state index in [1.54, 1.807) is 12.1 Å². The Bertz CT molecular complexity index is 489. The maximum absolute atomic E-state index is 11.2. The van der Waals surface area contributed by atoms with Gasteiger partial charge in [0, 0.05) is 10.9 Å². The first-order valence-corrected chi connectivity index (χ1v) is 6.00. The van der Waals surface area contributed by atoms with E-state index in [0.717, 1.165) is 16.7 Å². The predicted molar refractivity (Wildman–Crippen MR) is 66.2 cm³/mol. The first-order chi connectivity index (χ1) is 8.13. The molecule has 5 heteroatoms. The summed E-state index contributed by atoms with van der Waals surface area (Å²) in [6.07, 6.45) is 0.390. The summed E-state index contributed by atoms with van der Waals surface area (Å²) in [6, 6.07) is 7.30. The molecule has 0 unspecified atom stereocenters. The molecule has 0 atom stereocenters. The number of rotatable bonds is 4. The fourth-order valence-electron chi connectivity index (χ4n) is 1.60. The number of alkyl halides is 1. The van der Waals surface area contributed by atoms with E-state index in [4.69, 9.17) is 16.3 Å². The average Bonchev–Trinajstić information content (AvgIpc) is 2.29. The van der Waals surface area contributed by atoms with Crippen molar-refractivity contribution in [2.75, 3.05) is 0 Å². The van der Waals surface area contributed by atoms with Crippen LogP contribution in [0.3, 0.4) is 0 Å². The van der Waals surface area contributed by atoms with Crippen molar-refractivity contribution in [2.24, 2.45) is 5.73 Å². The number of hydrogen-bond donors (Lipinski definition) is 1. The first-order valence-electron chi connectivity index (χ1n) is 4.88. The third-order valence-corrected chi connectivity index (χ3v) is 2.95. The molecule has 1 rings (SSSR count). The van der Waals surface area contributed by atoms with Crippen molar-refractivity contribution in [1.82, 2.24) is 0 Å². The quantitative estimate of drug-likeness (QED) is 0.858. The molecular weight excluding hydrogens is 282 g/mol. The van der Waals surface area contributed by atoms with Crippen molar-refractivity contribution < 1.29 is 4.79 Å². The van der Waals surface area contributed by atoms with Crippen LogP contribution in [0.25, 0.3) is 0 Å². The van der Waals surface area contributed by atoms with E-state index in [1.165, 1.54) is 0 Å². The van der Waals surface area contributed by atoms with Crippen LogP contribution >= 0.6 is 15.9 Å². The number of halogens is 1. The molecule has 2 N–H and O–H groups in total. The van der Waals surface area contributed by atoms with Crippen molar-refractivity contribution in [2.45, 2.75) is 18.2 Å². The van der Waals surface area contributed by atoms with E-state index in [9.17, 15) is 4.79 Å². The normalized spacial score (nSPS) is 9.35. The topological polar surface area (TPSA) is 90.7 Å². The van der Waals surface area contributed by atoms with Gasteiger partial charge in [0.15, 0.2) is 0 Å². The molecule has 1 aromatic carbocycles. The van der Waals surface area contributed by atoms with Crippen LogP contribution in [0.4, 0.5) is 0 Å². The minimum absolute atomic E-state index is 0.195. The van der Waals surface area contributed by atoms with Gasteiger partial charge in [-0.25, -0.2) is 0 Å². The molecule has 0 saturated heterocycles. The Balaban J connectivity index is 3.41. The summed E-state index contributed by atoms with van der Waals surface area (Å²) in [5, 5.41) is 18.0. The van der Waals surface area contributed by atoms with Gasteiger partial charge < -0.3 is 5.73 Å². The fourth-order valence-corrected chi connectivity index (χ4v) is 2.32. The summed E-state index contributed by atoms with van der Waals surface area (Å²) in [4.78, 5) is 11.2.